The van der Waals surface area contributed by atoms with E-state index in [4.69, 9.17) is 9.47 Å². The molecule has 3 aromatic carbocycles. The first-order chi connectivity index (χ1) is 16.5. The quantitative estimate of drug-likeness (QED) is 0.522. The predicted molar refractivity (Wildman–Crippen MR) is 123 cm³/mol. The predicted octanol–water partition coefficient (Wildman–Crippen LogP) is 4.13. The highest BCUT2D eigenvalue weighted by Crippen LogP contribution is 2.31. The van der Waals surface area contributed by atoms with Crippen molar-refractivity contribution >= 4 is 35.0 Å². The SMILES string of the molecule is O=C1C=CC(=O)N1c1ccc(Oc2cccc(Oc3ccc(N4C(=O)C=CC4=O)cc3)c2)cc1. The average molecular weight is 452 g/mol. The topological polar surface area (TPSA) is 93.2 Å². The molecule has 34 heavy (non-hydrogen) atoms. The van der Waals surface area contributed by atoms with Crippen LogP contribution in [0.3, 0.4) is 0 Å². The molecule has 166 valence electrons. The van der Waals surface area contributed by atoms with E-state index in [0.29, 0.717) is 34.4 Å². The van der Waals surface area contributed by atoms with Gasteiger partial charge in [0, 0.05) is 30.4 Å². The van der Waals surface area contributed by atoms with Crippen molar-refractivity contribution < 1.29 is 28.7 Å². The van der Waals surface area contributed by atoms with Crippen LogP contribution in [0.15, 0.2) is 97.1 Å². The van der Waals surface area contributed by atoms with Crippen LogP contribution < -0.4 is 19.3 Å². The van der Waals surface area contributed by atoms with Gasteiger partial charge in [-0.1, -0.05) is 6.07 Å². The number of hydrogen-bond acceptors (Lipinski definition) is 6. The maximum atomic E-state index is 11.8. The second kappa shape index (κ2) is 8.51. The van der Waals surface area contributed by atoms with Gasteiger partial charge < -0.3 is 9.47 Å². The van der Waals surface area contributed by atoms with Gasteiger partial charge in [0.05, 0.1) is 11.4 Å². The van der Waals surface area contributed by atoms with E-state index in [1.54, 1.807) is 72.8 Å². The van der Waals surface area contributed by atoms with E-state index in [9.17, 15) is 19.2 Å². The molecule has 0 radical (unpaired) electrons. The molecule has 2 aliphatic rings. The van der Waals surface area contributed by atoms with Gasteiger partial charge in [-0.2, -0.15) is 0 Å². The second-order valence-electron chi connectivity index (χ2n) is 7.36. The lowest BCUT2D eigenvalue weighted by atomic mass is 10.2. The molecule has 0 saturated heterocycles. The summed E-state index contributed by atoms with van der Waals surface area (Å²) in [4.78, 5) is 49.4. The Balaban J connectivity index is 1.25. The molecule has 3 aromatic rings. The molecule has 0 saturated carbocycles. The standard InChI is InChI=1S/C26H16N2O6/c29-23-12-13-24(30)27(23)17-4-8-19(9-5-17)33-21-2-1-3-22(16-21)34-20-10-6-18(7-11-20)28-25(31)14-15-26(28)32/h1-16H. The molecule has 0 bridgehead atoms. The minimum absolute atomic E-state index is 0.383. The van der Waals surface area contributed by atoms with Crippen LogP contribution in [0.5, 0.6) is 23.0 Å². The molecule has 2 heterocycles. The number of hydrogen-bond donors (Lipinski definition) is 0. The van der Waals surface area contributed by atoms with Crippen molar-refractivity contribution in [3.63, 3.8) is 0 Å². The first-order valence-corrected chi connectivity index (χ1v) is 10.3. The summed E-state index contributed by atoms with van der Waals surface area (Å²) in [6, 6.07) is 20.2. The van der Waals surface area contributed by atoms with E-state index >= 15 is 0 Å². The van der Waals surface area contributed by atoms with Crippen LogP contribution in [0.2, 0.25) is 0 Å². The first-order valence-electron chi connectivity index (χ1n) is 10.3. The zero-order chi connectivity index (χ0) is 23.7. The Labute approximate surface area is 193 Å². The van der Waals surface area contributed by atoms with Crippen LogP contribution in [-0.4, -0.2) is 23.6 Å². The molecule has 5 rings (SSSR count). The lowest BCUT2D eigenvalue weighted by molar-refractivity contribution is -0.121. The minimum atomic E-state index is -0.383. The summed E-state index contributed by atoms with van der Waals surface area (Å²) >= 11 is 0. The summed E-state index contributed by atoms with van der Waals surface area (Å²) in [6.45, 7) is 0. The third-order valence-electron chi connectivity index (χ3n) is 5.09. The number of carbonyl (C=O) groups excluding carboxylic acids is 4. The number of ether oxygens (including phenoxy) is 2. The normalized spacial score (nSPS) is 14.9. The number of benzene rings is 3. The Bertz CT molecular complexity index is 1230. The molecule has 8 nitrogen and oxygen atoms in total. The average Bonchev–Trinajstić information content (AvgIpc) is 3.35. The van der Waals surface area contributed by atoms with Gasteiger partial charge in [-0.25, -0.2) is 9.80 Å². The van der Waals surface area contributed by atoms with E-state index in [1.165, 1.54) is 24.3 Å². The van der Waals surface area contributed by atoms with Gasteiger partial charge in [0.2, 0.25) is 0 Å². The third kappa shape index (κ3) is 4.07. The number of rotatable bonds is 6. The number of imide groups is 2. The maximum Gasteiger partial charge on any atom is 0.258 e. The molecule has 0 unspecified atom stereocenters. The molecule has 4 amide bonds. The minimum Gasteiger partial charge on any atom is -0.457 e. The molecule has 0 aromatic heterocycles. The molecular formula is C26H16N2O6. The van der Waals surface area contributed by atoms with Crippen LogP contribution in [0, 0.1) is 0 Å². The zero-order valence-electron chi connectivity index (χ0n) is 17.6. The highest BCUT2D eigenvalue weighted by atomic mass is 16.5. The number of carbonyl (C=O) groups is 4. The van der Waals surface area contributed by atoms with Crippen molar-refractivity contribution in [2.75, 3.05) is 9.80 Å². The van der Waals surface area contributed by atoms with Crippen molar-refractivity contribution in [2.24, 2.45) is 0 Å². The molecular weight excluding hydrogens is 436 g/mol. The second-order valence-corrected chi connectivity index (χ2v) is 7.36. The Morgan fingerprint density at radius 2 is 0.794 bits per heavy atom. The fourth-order valence-corrected chi connectivity index (χ4v) is 3.51. The lowest BCUT2D eigenvalue weighted by Crippen LogP contribution is -2.29. The van der Waals surface area contributed by atoms with E-state index < -0.39 is 0 Å². The smallest absolute Gasteiger partial charge is 0.258 e. The van der Waals surface area contributed by atoms with Gasteiger partial charge in [0.1, 0.15) is 23.0 Å². The van der Waals surface area contributed by atoms with E-state index in [-0.39, 0.29) is 23.6 Å². The van der Waals surface area contributed by atoms with Crippen molar-refractivity contribution in [3.05, 3.63) is 97.1 Å². The molecule has 0 N–H and O–H groups in total. The molecule has 8 heteroatoms. The van der Waals surface area contributed by atoms with Crippen LogP contribution in [0.25, 0.3) is 0 Å². The Morgan fingerprint density at radius 3 is 1.15 bits per heavy atom. The highest BCUT2D eigenvalue weighted by Gasteiger charge is 2.25. The number of nitrogens with zero attached hydrogens (tertiary/aromatic N) is 2. The highest BCUT2D eigenvalue weighted by molar-refractivity contribution is 6.28. The maximum absolute atomic E-state index is 11.8. The van der Waals surface area contributed by atoms with Gasteiger partial charge in [0.15, 0.2) is 0 Å². The lowest BCUT2D eigenvalue weighted by Gasteiger charge is -2.15. The Morgan fingerprint density at radius 1 is 0.441 bits per heavy atom. The van der Waals surface area contributed by atoms with Crippen LogP contribution in [-0.2, 0) is 19.2 Å². The monoisotopic (exact) mass is 452 g/mol. The van der Waals surface area contributed by atoms with Gasteiger partial charge >= 0.3 is 0 Å². The van der Waals surface area contributed by atoms with Crippen molar-refractivity contribution in [1.29, 1.82) is 0 Å². The van der Waals surface area contributed by atoms with Crippen LogP contribution in [0.4, 0.5) is 11.4 Å². The van der Waals surface area contributed by atoms with Gasteiger partial charge in [-0.15, -0.1) is 0 Å². The summed E-state index contributed by atoms with van der Waals surface area (Å²) in [5.41, 5.74) is 0.919. The van der Waals surface area contributed by atoms with E-state index in [2.05, 4.69) is 0 Å². The van der Waals surface area contributed by atoms with Crippen molar-refractivity contribution in [2.45, 2.75) is 0 Å². The summed E-state index contributed by atoms with van der Waals surface area (Å²) in [7, 11) is 0. The van der Waals surface area contributed by atoms with Gasteiger partial charge in [-0.05, 0) is 60.7 Å². The zero-order valence-corrected chi connectivity index (χ0v) is 17.6. The largest absolute Gasteiger partial charge is 0.457 e. The summed E-state index contributed by atoms with van der Waals surface area (Å²) in [5.74, 6) is 0.557. The fraction of sp³-hybridized carbons (Fsp3) is 0. The van der Waals surface area contributed by atoms with Gasteiger partial charge in [0.25, 0.3) is 23.6 Å². The van der Waals surface area contributed by atoms with Crippen molar-refractivity contribution in [1.82, 2.24) is 0 Å². The molecule has 0 fully saturated rings. The van der Waals surface area contributed by atoms with Gasteiger partial charge in [-0.3, -0.25) is 19.2 Å². The van der Waals surface area contributed by atoms with Crippen molar-refractivity contribution in [3.8, 4) is 23.0 Å². The third-order valence-corrected chi connectivity index (χ3v) is 5.09. The fourth-order valence-electron chi connectivity index (χ4n) is 3.51. The van der Waals surface area contributed by atoms with E-state index in [1.807, 2.05) is 0 Å². The Kier molecular flexibility index (Phi) is 5.23. The molecule has 0 spiro atoms. The molecule has 0 atom stereocenters. The number of amides is 4. The van der Waals surface area contributed by atoms with E-state index in [0.717, 1.165) is 9.80 Å². The summed E-state index contributed by atoms with van der Waals surface area (Å²) in [5, 5.41) is 0. The van der Waals surface area contributed by atoms with Crippen LogP contribution in [0.1, 0.15) is 0 Å². The number of anilines is 2. The summed E-state index contributed by atoms with van der Waals surface area (Å²) < 4.78 is 11.7. The van der Waals surface area contributed by atoms with Crippen LogP contribution >= 0.6 is 0 Å². The Hall–Kier alpha value is -4.98. The first kappa shape index (κ1) is 20.9. The summed E-state index contributed by atoms with van der Waals surface area (Å²) in [6.07, 6.45) is 4.92. The molecule has 2 aliphatic heterocycles. The molecule has 0 aliphatic carbocycles.